The van der Waals surface area contributed by atoms with Gasteiger partial charge in [-0.15, -0.1) is 0 Å². The molecule has 1 saturated heterocycles. The third kappa shape index (κ3) is 4.17. The number of unbranched alkanes of at least 4 members (excludes halogenated alkanes) is 1. The third-order valence-corrected chi connectivity index (χ3v) is 6.59. The van der Waals surface area contributed by atoms with Gasteiger partial charge in [-0.25, -0.2) is 4.98 Å². The van der Waals surface area contributed by atoms with E-state index in [2.05, 4.69) is 88.0 Å². The molecule has 0 saturated carbocycles. The van der Waals surface area contributed by atoms with Gasteiger partial charge in [-0.3, -0.25) is 4.90 Å². The Morgan fingerprint density at radius 2 is 1.58 bits per heavy atom. The maximum absolute atomic E-state index is 5.09. The van der Waals surface area contributed by atoms with Crippen molar-refractivity contribution >= 4 is 27.5 Å². The zero-order chi connectivity index (χ0) is 21.0. The SMILES string of the molecule is CCCCn1c(CCN2CCN(c3ccccc3)CC2)nc2ccc3ccccc3c21. The lowest BCUT2D eigenvalue weighted by molar-refractivity contribution is 0.258. The molecule has 2 heterocycles. The van der Waals surface area contributed by atoms with E-state index in [0.717, 1.165) is 51.2 Å². The van der Waals surface area contributed by atoms with Gasteiger partial charge in [0, 0.05) is 56.8 Å². The monoisotopic (exact) mass is 412 g/mol. The highest BCUT2D eigenvalue weighted by Gasteiger charge is 2.19. The second-order valence-corrected chi connectivity index (χ2v) is 8.60. The van der Waals surface area contributed by atoms with Crippen LogP contribution in [0, 0.1) is 0 Å². The Morgan fingerprint density at radius 1 is 0.806 bits per heavy atom. The second kappa shape index (κ2) is 9.11. The molecule has 4 heteroatoms. The molecule has 1 fully saturated rings. The standard InChI is InChI=1S/C27H32N4/c1-2-3-16-31-26(28-25-14-13-22-9-7-8-12-24(22)27(25)31)15-17-29-18-20-30(21-19-29)23-10-5-4-6-11-23/h4-14H,2-3,15-21H2,1H3. The molecule has 1 aliphatic heterocycles. The van der Waals surface area contributed by atoms with Gasteiger partial charge in [0.15, 0.2) is 0 Å². The molecule has 31 heavy (non-hydrogen) atoms. The van der Waals surface area contributed by atoms with E-state index >= 15 is 0 Å². The maximum Gasteiger partial charge on any atom is 0.111 e. The number of fused-ring (bicyclic) bond motifs is 3. The number of aryl methyl sites for hydroxylation is 1. The zero-order valence-corrected chi connectivity index (χ0v) is 18.5. The van der Waals surface area contributed by atoms with Crippen LogP contribution in [0.25, 0.3) is 21.8 Å². The lowest BCUT2D eigenvalue weighted by atomic mass is 10.1. The van der Waals surface area contributed by atoms with Crippen LogP contribution in [0.5, 0.6) is 0 Å². The molecule has 0 radical (unpaired) electrons. The van der Waals surface area contributed by atoms with Crippen LogP contribution in [0.2, 0.25) is 0 Å². The van der Waals surface area contributed by atoms with Crippen molar-refractivity contribution in [3.63, 3.8) is 0 Å². The van der Waals surface area contributed by atoms with Crippen LogP contribution in [0.15, 0.2) is 66.7 Å². The van der Waals surface area contributed by atoms with Crippen LogP contribution >= 0.6 is 0 Å². The number of rotatable bonds is 7. The number of imidazole rings is 1. The van der Waals surface area contributed by atoms with Gasteiger partial charge in [0.25, 0.3) is 0 Å². The molecule has 160 valence electrons. The summed E-state index contributed by atoms with van der Waals surface area (Å²) in [5.74, 6) is 1.24. The Bertz CT molecular complexity index is 1140. The van der Waals surface area contributed by atoms with Crippen LogP contribution in [-0.2, 0) is 13.0 Å². The molecule has 0 spiro atoms. The molecule has 1 aliphatic rings. The Labute approximate surface area is 185 Å². The molecule has 0 atom stereocenters. The average molecular weight is 413 g/mol. The number of aromatic nitrogens is 2. The van der Waals surface area contributed by atoms with E-state index in [1.807, 2.05) is 0 Å². The molecule has 0 amide bonds. The first-order valence-corrected chi connectivity index (χ1v) is 11.7. The fourth-order valence-electron chi connectivity index (χ4n) is 4.82. The fourth-order valence-corrected chi connectivity index (χ4v) is 4.82. The summed E-state index contributed by atoms with van der Waals surface area (Å²) in [5, 5.41) is 2.63. The molecule has 3 aromatic carbocycles. The Balaban J connectivity index is 1.33. The molecular formula is C27H32N4. The number of hydrogen-bond acceptors (Lipinski definition) is 3. The summed E-state index contributed by atoms with van der Waals surface area (Å²) in [6.07, 6.45) is 3.40. The largest absolute Gasteiger partial charge is 0.369 e. The predicted molar refractivity (Wildman–Crippen MR) is 131 cm³/mol. The van der Waals surface area contributed by atoms with Gasteiger partial charge < -0.3 is 9.47 Å². The van der Waals surface area contributed by atoms with Crippen LogP contribution in [0.4, 0.5) is 5.69 Å². The van der Waals surface area contributed by atoms with Gasteiger partial charge in [0.1, 0.15) is 5.82 Å². The van der Waals surface area contributed by atoms with Gasteiger partial charge in [0.05, 0.1) is 11.0 Å². The van der Waals surface area contributed by atoms with Gasteiger partial charge in [-0.05, 0) is 30.0 Å². The number of piperazine rings is 1. The quantitative estimate of drug-likeness (QED) is 0.409. The molecule has 4 aromatic rings. The fraction of sp³-hybridized carbons (Fsp3) is 0.370. The summed E-state index contributed by atoms with van der Waals surface area (Å²) in [7, 11) is 0. The van der Waals surface area contributed by atoms with E-state index in [0.29, 0.717) is 0 Å². The van der Waals surface area contributed by atoms with Crippen molar-refractivity contribution in [2.75, 3.05) is 37.6 Å². The van der Waals surface area contributed by atoms with E-state index < -0.39 is 0 Å². The minimum atomic E-state index is 1.01. The summed E-state index contributed by atoms with van der Waals surface area (Å²) in [6, 6.07) is 23.9. The smallest absolute Gasteiger partial charge is 0.111 e. The summed E-state index contributed by atoms with van der Waals surface area (Å²) in [6.45, 7) is 8.83. The van der Waals surface area contributed by atoms with Gasteiger partial charge in [0.2, 0.25) is 0 Å². The number of para-hydroxylation sites is 1. The topological polar surface area (TPSA) is 24.3 Å². The molecule has 4 nitrogen and oxygen atoms in total. The molecular weight excluding hydrogens is 380 g/mol. The Hall–Kier alpha value is -2.85. The number of hydrogen-bond donors (Lipinski definition) is 0. The minimum Gasteiger partial charge on any atom is -0.369 e. The Morgan fingerprint density at radius 3 is 2.39 bits per heavy atom. The zero-order valence-electron chi connectivity index (χ0n) is 18.5. The molecule has 0 N–H and O–H groups in total. The first kappa shape index (κ1) is 20.1. The van der Waals surface area contributed by atoms with E-state index in [1.54, 1.807) is 0 Å². The number of nitrogens with zero attached hydrogens (tertiary/aromatic N) is 4. The van der Waals surface area contributed by atoms with Crippen molar-refractivity contribution in [1.29, 1.82) is 0 Å². The second-order valence-electron chi connectivity index (χ2n) is 8.60. The molecule has 1 aromatic heterocycles. The van der Waals surface area contributed by atoms with Crippen molar-refractivity contribution in [2.24, 2.45) is 0 Å². The summed E-state index contributed by atoms with van der Waals surface area (Å²) >= 11 is 0. The molecule has 0 bridgehead atoms. The van der Waals surface area contributed by atoms with Gasteiger partial charge in [-0.2, -0.15) is 0 Å². The minimum absolute atomic E-state index is 1.01. The average Bonchev–Trinajstić information content (AvgIpc) is 3.20. The maximum atomic E-state index is 5.09. The summed E-state index contributed by atoms with van der Waals surface area (Å²) in [4.78, 5) is 10.2. The van der Waals surface area contributed by atoms with E-state index in [9.17, 15) is 0 Å². The van der Waals surface area contributed by atoms with Crippen LogP contribution in [-0.4, -0.2) is 47.2 Å². The predicted octanol–water partition coefficient (Wildman–Crippen LogP) is 5.35. The number of benzene rings is 3. The van der Waals surface area contributed by atoms with Gasteiger partial charge >= 0.3 is 0 Å². The van der Waals surface area contributed by atoms with Crippen molar-refractivity contribution in [1.82, 2.24) is 14.5 Å². The van der Waals surface area contributed by atoms with Crippen molar-refractivity contribution < 1.29 is 0 Å². The lowest BCUT2D eigenvalue weighted by Crippen LogP contribution is -2.47. The summed E-state index contributed by atoms with van der Waals surface area (Å²) in [5.41, 5.74) is 3.80. The van der Waals surface area contributed by atoms with E-state index in [4.69, 9.17) is 4.98 Å². The van der Waals surface area contributed by atoms with Gasteiger partial charge in [-0.1, -0.05) is 61.9 Å². The number of anilines is 1. The highest BCUT2D eigenvalue weighted by molar-refractivity contribution is 6.04. The van der Waals surface area contributed by atoms with Crippen molar-refractivity contribution in [3.05, 3.63) is 72.6 Å². The highest BCUT2D eigenvalue weighted by atomic mass is 15.3. The molecule has 0 unspecified atom stereocenters. The first-order valence-electron chi connectivity index (χ1n) is 11.7. The summed E-state index contributed by atoms with van der Waals surface area (Å²) < 4.78 is 2.50. The lowest BCUT2D eigenvalue weighted by Gasteiger charge is -2.36. The first-order chi connectivity index (χ1) is 15.3. The van der Waals surface area contributed by atoms with Crippen LogP contribution in [0.3, 0.4) is 0 Å². The third-order valence-electron chi connectivity index (χ3n) is 6.59. The van der Waals surface area contributed by atoms with Crippen LogP contribution < -0.4 is 4.90 Å². The molecule has 5 rings (SSSR count). The Kier molecular flexibility index (Phi) is 5.90. The molecule has 0 aliphatic carbocycles. The highest BCUT2D eigenvalue weighted by Crippen LogP contribution is 2.27. The van der Waals surface area contributed by atoms with Crippen molar-refractivity contribution in [3.8, 4) is 0 Å². The van der Waals surface area contributed by atoms with Crippen molar-refractivity contribution in [2.45, 2.75) is 32.7 Å². The van der Waals surface area contributed by atoms with Crippen LogP contribution in [0.1, 0.15) is 25.6 Å². The van der Waals surface area contributed by atoms with E-state index in [1.165, 1.54) is 40.6 Å². The normalized spacial score (nSPS) is 15.2. The van der Waals surface area contributed by atoms with E-state index in [-0.39, 0.29) is 0 Å².